The van der Waals surface area contributed by atoms with Crippen molar-refractivity contribution in [3.8, 4) is 0 Å². The second-order valence-corrected chi connectivity index (χ2v) is 4.96. The highest BCUT2D eigenvalue weighted by Gasteiger charge is 2.26. The number of benzene rings is 1. The van der Waals surface area contributed by atoms with Crippen LogP contribution in [0.1, 0.15) is 18.1 Å². The van der Waals surface area contributed by atoms with E-state index in [1.54, 1.807) is 0 Å². The molecule has 1 aromatic carbocycles. The van der Waals surface area contributed by atoms with Crippen molar-refractivity contribution in [1.29, 1.82) is 0 Å². The van der Waals surface area contributed by atoms with Gasteiger partial charge in [0.25, 0.3) is 0 Å². The fraction of sp³-hybridized carbons (Fsp3) is 0.429. The Bertz CT molecular complexity index is 434. The largest absolute Gasteiger partial charge is 0.363 e. The van der Waals surface area contributed by atoms with Crippen LogP contribution in [-0.4, -0.2) is 24.0 Å². The number of rotatable bonds is 4. The molecular weight excluding hydrogens is 244 g/mol. The molecule has 0 spiro atoms. The Morgan fingerprint density at radius 2 is 1.89 bits per heavy atom. The van der Waals surface area contributed by atoms with Crippen molar-refractivity contribution in [2.45, 2.75) is 19.8 Å². The molecule has 0 atom stereocenters. The zero-order valence-electron chi connectivity index (χ0n) is 10.5. The lowest BCUT2D eigenvalue weighted by molar-refractivity contribution is -0.121. The van der Waals surface area contributed by atoms with Gasteiger partial charge in [0.2, 0.25) is 0 Å². The van der Waals surface area contributed by atoms with E-state index in [0.29, 0.717) is 11.7 Å². The van der Waals surface area contributed by atoms with Gasteiger partial charge in [0.05, 0.1) is 6.54 Å². The highest BCUT2D eigenvalue weighted by atomic mass is 32.1. The molecule has 0 saturated heterocycles. The third kappa shape index (κ3) is 3.07. The average molecular weight is 262 g/mol. The molecule has 0 fully saturated rings. The van der Waals surface area contributed by atoms with Crippen LogP contribution in [0.25, 0.3) is 0 Å². The quantitative estimate of drug-likeness (QED) is 0.806. The lowest BCUT2D eigenvalue weighted by atomic mass is 10.0. The van der Waals surface area contributed by atoms with Crippen molar-refractivity contribution in [3.63, 3.8) is 0 Å². The van der Waals surface area contributed by atoms with Gasteiger partial charge in [-0.25, -0.2) is 0 Å². The minimum absolute atomic E-state index is 0.110. The first kappa shape index (κ1) is 13.0. The second-order valence-electron chi connectivity index (χ2n) is 4.55. The van der Waals surface area contributed by atoms with Crippen molar-refractivity contribution in [2.75, 3.05) is 13.1 Å². The summed E-state index contributed by atoms with van der Waals surface area (Å²) >= 11 is 5.04. The Labute approximate surface area is 113 Å². The van der Waals surface area contributed by atoms with Gasteiger partial charge in [0, 0.05) is 12.5 Å². The summed E-state index contributed by atoms with van der Waals surface area (Å²) in [5.41, 5.74) is 2.62. The molecule has 2 N–H and O–H groups in total. The molecule has 0 aromatic heterocycles. The molecule has 0 bridgehead atoms. The number of fused-ring (bicyclic) bond motifs is 1. The van der Waals surface area contributed by atoms with Gasteiger partial charge in [-0.1, -0.05) is 24.3 Å². The van der Waals surface area contributed by atoms with Crippen molar-refractivity contribution in [3.05, 3.63) is 35.4 Å². The van der Waals surface area contributed by atoms with E-state index >= 15 is 0 Å². The Morgan fingerprint density at radius 3 is 2.44 bits per heavy atom. The Morgan fingerprint density at radius 1 is 1.28 bits per heavy atom. The van der Waals surface area contributed by atoms with Crippen LogP contribution in [0.15, 0.2) is 24.3 Å². The molecule has 0 saturated carbocycles. The monoisotopic (exact) mass is 262 g/mol. The Balaban J connectivity index is 1.84. The molecule has 1 aliphatic rings. The first-order valence-electron chi connectivity index (χ1n) is 6.32. The number of carbonyl (C=O) groups excluding carboxylic acids is 1. The lowest BCUT2D eigenvalue weighted by Gasteiger charge is -2.11. The summed E-state index contributed by atoms with van der Waals surface area (Å²) < 4.78 is 0. The van der Waals surface area contributed by atoms with Gasteiger partial charge >= 0.3 is 0 Å². The van der Waals surface area contributed by atoms with Crippen molar-refractivity contribution in [1.82, 2.24) is 10.6 Å². The summed E-state index contributed by atoms with van der Waals surface area (Å²) in [6, 6.07) is 8.28. The van der Waals surface area contributed by atoms with Crippen LogP contribution in [0.2, 0.25) is 0 Å². The van der Waals surface area contributed by atoms with E-state index in [0.717, 1.165) is 19.4 Å². The molecule has 4 heteroatoms. The summed E-state index contributed by atoms with van der Waals surface area (Å²) in [5, 5.41) is 6.49. The molecule has 0 radical (unpaired) electrons. The molecule has 18 heavy (non-hydrogen) atoms. The van der Waals surface area contributed by atoms with E-state index in [-0.39, 0.29) is 11.7 Å². The summed E-state index contributed by atoms with van der Waals surface area (Å²) in [7, 11) is 0. The van der Waals surface area contributed by atoms with E-state index in [4.69, 9.17) is 12.2 Å². The number of thiocarbonyl (C=S) groups is 1. The van der Waals surface area contributed by atoms with E-state index in [1.807, 2.05) is 19.1 Å². The van der Waals surface area contributed by atoms with E-state index in [2.05, 4.69) is 22.8 Å². The van der Waals surface area contributed by atoms with Gasteiger partial charge in [-0.05, 0) is 43.1 Å². The number of Topliss-reactive ketones (excluding diaryl/α,β-unsaturated/α-hetero) is 1. The minimum atomic E-state index is 0.110. The predicted octanol–water partition coefficient (Wildman–Crippen LogP) is 1.45. The topological polar surface area (TPSA) is 41.1 Å². The highest BCUT2D eigenvalue weighted by molar-refractivity contribution is 7.80. The van der Waals surface area contributed by atoms with Gasteiger partial charge < -0.3 is 10.6 Å². The fourth-order valence-corrected chi connectivity index (χ4v) is 2.54. The van der Waals surface area contributed by atoms with Gasteiger partial charge in [0.1, 0.15) is 0 Å². The van der Waals surface area contributed by atoms with Crippen LogP contribution in [0.3, 0.4) is 0 Å². The minimum Gasteiger partial charge on any atom is -0.363 e. The standard InChI is InChI=1S/C14H18N2OS/c1-2-15-14(18)16-9-13(17)12-7-10-5-3-4-6-11(10)8-12/h3-6,12H,2,7-9H2,1H3,(H2,15,16,18). The van der Waals surface area contributed by atoms with Gasteiger partial charge in [-0.2, -0.15) is 0 Å². The van der Waals surface area contributed by atoms with Crippen LogP contribution < -0.4 is 10.6 Å². The van der Waals surface area contributed by atoms with Crippen molar-refractivity contribution >= 4 is 23.1 Å². The number of carbonyl (C=O) groups is 1. The molecule has 3 nitrogen and oxygen atoms in total. The fourth-order valence-electron chi connectivity index (χ4n) is 2.32. The second kappa shape index (κ2) is 5.96. The number of ketones is 1. The van der Waals surface area contributed by atoms with Gasteiger partial charge in [0.15, 0.2) is 10.9 Å². The Hall–Kier alpha value is -1.42. The molecule has 1 aliphatic carbocycles. The van der Waals surface area contributed by atoms with Crippen LogP contribution in [-0.2, 0) is 17.6 Å². The normalized spacial score (nSPS) is 14.1. The van der Waals surface area contributed by atoms with Gasteiger partial charge in [-0.15, -0.1) is 0 Å². The summed E-state index contributed by atoms with van der Waals surface area (Å²) in [4.78, 5) is 12.1. The lowest BCUT2D eigenvalue weighted by Crippen LogP contribution is -2.39. The third-order valence-corrected chi connectivity index (χ3v) is 3.56. The van der Waals surface area contributed by atoms with Gasteiger partial charge in [-0.3, -0.25) is 4.79 Å². The molecule has 0 unspecified atom stereocenters. The van der Waals surface area contributed by atoms with Crippen LogP contribution in [0.5, 0.6) is 0 Å². The molecule has 0 heterocycles. The SMILES string of the molecule is CCNC(=S)NCC(=O)C1Cc2ccccc2C1. The molecule has 96 valence electrons. The first-order chi connectivity index (χ1) is 8.70. The highest BCUT2D eigenvalue weighted by Crippen LogP contribution is 2.26. The number of hydrogen-bond acceptors (Lipinski definition) is 2. The average Bonchev–Trinajstić information content (AvgIpc) is 2.80. The summed E-state index contributed by atoms with van der Waals surface area (Å²) in [6.45, 7) is 3.07. The molecular formula is C14H18N2OS. The first-order valence-corrected chi connectivity index (χ1v) is 6.72. The maximum absolute atomic E-state index is 12.1. The van der Waals surface area contributed by atoms with E-state index in [9.17, 15) is 4.79 Å². The molecule has 1 aromatic rings. The summed E-state index contributed by atoms with van der Waals surface area (Å²) in [5.74, 6) is 0.353. The molecule has 0 amide bonds. The zero-order chi connectivity index (χ0) is 13.0. The van der Waals surface area contributed by atoms with Crippen molar-refractivity contribution in [2.24, 2.45) is 5.92 Å². The molecule has 0 aliphatic heterocycles. The number of hydrogen-bond donors (Lipinski definition) is 2. The smallest absolute Gasteiger partial charge is 0.166 e. The van der Waals surface area contributed by atoms with Crippen LogP contribution in [0.4, 0.5) is 0 Å². The zero-order valence-corrected chi connectivity index (χ0v) is 11.3. The van der Waals surface area contributed by atoms with Crippen LogP contribution >= 0.6 is 12.2 Å². The van der Waals surface area contributed by atoms with Crippen LogP contribution in [0, 0.1) is 5.92 Å². The maximum atomic E-state index is 12.1. The Kier molecular flexibility index (Phi) is 4.31. The van der Waals surface area contributed by atoms with E-state index in [1.165, 1.54) is 11.1 Å². The summed E-state index contributed by atoms with van der Waals surface area (Å²) in [6.07, 6.45) is 1.73. The molecule has 2 rings (SSSR count). The maximum Gasteiger partial charge on any atom is 0.166 e. The number of nitrogens with one attached hydrogen (secondary N) is 2. The predicted molar refractivity (Wildman–Crippen MR) is 76.6 cm³/mol. The third-order valence-electron chi connectivity index (χ3n) is 3.27. The van der Waals surface area contributed by atoms with E-state index < -0.39 is 0 Å². The van der Waals surface area contributed by atoms with Crippen molar-refractivity contribution < 1.29 is 4.79 Å².